The van der Waals surface area contributed by atoms with Crippen molar-refractivity contribution in [1.82, 2.24) is 5.06 Å². The molecule has 0 unspecified atom stereocenters. The monoisotopic (exact) mass is 346 g/mol. The van der Waals surface area contributed by atoms with Crippen LogP contribution in [0.25, 0.3) is 0 Å². The van der Waals surface area contributed by atoms with E-state index in [1.54, 1.807) is 12.1 Å². The standard InChI is InChI=1S/C15H10N2O6S/c16-24(21,22)10-5-3-4-9(8-10)15(20)23-17-13(18)11-6-1-2-7-12(11)14(17)19/h1-8H,(H2,16,21,22). The number of rotatable bonds is 3. The third-order valence-corrected chi connectivity index (χ3v) is 4.24. The van der Waals surface area contributed by atoms with Crippen molar-refractivity contribution in [3.05, 3.63) is 65.2 Å². The molecule has 0 aromatic heterocycles. The first-order valence-corrected chi connectivity index (χ1v) is 8.16. The Labute approximate surface area is 136 Å². The van der Waals surface area contributed by atoms with Crippen LogP contribution in [0.15, 0.2) is 53.4 Å². The number of hydroxylamine groups is 2. The molecule has 2 N–H and O–H groups in total. The second kappa shape index (κ2) is 5.55. The predicted octanol–water partition coefficient (Wildman–Crippen LogP) is 0.702. The maximum Gasteiger partial charge on any atom is 0.363 e. The van der Waals surface area contributed by atoms with E-state index in [1.807, 2.05) is 0 Å². The molecule has 8 nitrogen and oxygen atoms in total. The summed E-state index contributed by atoms with van der Waals surface area (Å²) in [7, 11) is -4.01. The summed E-state index contributed by atoms with van der Waals surface area (Å²) in [5.41, 5.74) is 0.0697. The smallest absolute Gasteiger partial charge is 0.324 e. The lowest BCUT2D eigenvalue weighted by atomic mass is 10.1. The fourth-order valence-corrected chi connectivity index (χ4v) is 2.75. The average molecular weight is 346 g/mol. The highest BCUT2D eigenvalue weighted by molar-refractivity contribution is 7.89. The number of benzene rings is 2. The van der Waals surface area contributed by atoms with E-state index in [1.165, 1.54) is 30.3 Å². The van der Waals surface area contributed by atoms with E-state index in [4.69, 9.17) is 9.98 Å². The van der Waals surface area contributed by atoms with E-state index in [2.05, 4.69) is 0 Å². The summed E-state index contributed by atoms with van der Waals surface area (Å²) < 4.78 is 22.6. The zero-order chi connectivity index (χ0) is 17.5. The van der Waals surface area contributed by atoms with Crippen LogP contribution in [0.4, 0.5) is 0 Å². The molecule has 0 saturated carbocycles. The van der Waals surface area contributed by atoms with Crippen LogP contribution in [0.2, 0.25) is 0 Å². The van der Waals surface area contributed by atoms with Gasteiger partial charge in [-0.15, -0.1) is 0 Å². The van der Waals surface area contributed by atoms with Crippen LogP contribution in [0.1, 0.15) is 31.1 Å². The zero-order valence-electron chi connectivity index (χ0n) is 12.0. The summed E-state index contributed by atoms with van der Waals surface area (Å²) in [6.07, 6.45) is 0. The SMILES string of the molecule is NS(=O)(=O)c1cccc(C(=O)ON2C(=O)c3ccccc3C2=O)c1. The van der Waals surface area contributed by atoms with Crippen molar-refractivity contribution in [2.75, 3.05) is 0 Å². The fourth-order valence-electron chi connectivity index (χ4n) is 2.19. The van der Waals surface area contributed by atoms with Gasteiger partial charge in [-0.25, -0.2) is 18.4 Å². The van der Waals surface area contributed by atoms with Crippen molar-refractivity contribution in [2.45, 2.75) is 4.90 Å². The van der Waals surface area contributed by atoms with Gasteiger partial charge in [-0.05, 0) is 30.3 Å². The predicted molar refractivity (Wildman–Crippen MR) is 80.2 cm³/mol. The molecule has 0 saturated heterocycles. The molecule has 0 radical (unpaired) electrons. The van der Waals surface area contributed by atoms with E-state index < -0.39 is 27.8 Å². The van der Waals surface area contributed by atoms with Crippen LogP contribution >= 0.6 is 0 Å². The molecule has 2 amide bonds. The van der Waals surface area contributed by atoms with E-state index in [9.17, 15) is 22.8 Å². The number of primary sulfonamides is 1. The minimum Gasteiger partial charge on any atom is -0.324 e. The lowest BCUT2D eigenvalue weighted by molar-refractivity contribution is -0.0584. The summed E-state index contributed by atoms with van der Waals surface area (Å²) in [4.78, 5) is 40.9. The lowest BCUT2D eigenvalue weighted by Crippen LogP contribution is -2.32. The van der Waals surface area contributed by atoms with Gasteiger partial charge in [0.2, 0.25) is 10.0 Å². The van der Waals surface area contributed by atoms with Crippen molar-refractivity contribution in [3.8, 4) is 0 Å². The molecule has 1 aliphatic rings. The van der Waals surface area contributed by atoms with Gasteiger partial charge in [-0.3, -0.25) is 9.59 Å². The Morgan fingerprint density at radius 2 is 1.54 bits per heavy atom. The maximum atomic E-state index is 12.1. The molecule has 0 spiro atoms. The highest BCUT2D eigenvalue weighted by atomic mass is 32.2. The van der Waals surface area contributed by atoms with Crippen LogP contribution in [0.5, 0.6) is 0 Å². The van der Waals surface area contributed by atoms with Gasteiger partial charge in [0.25, 0.3) is 11.8 Å². The summed E-state index contributed by atoms with van der Waals surface area (Å²) in [6, 6.07) is 10.8. The molecular formula is C15H10N2O6S. The van der Waals surface area contributed by atoms with Gasteiger partial charge in [0.05, 0.1) is 21.6 Å². The normalized spacial score (nSPS) is 13.8. The molecule has 1 heterocycles. The van der Waals surface area contributed by atoms with E-state index in [-0.39, 0.29) is 21.6 Å². The van der Waals surface area contributed by atoms with Crippen LogP contribution in [0.3, 0.4) is 0 Å². The number of sulfonamides is 1. The van der Waals surface area contributed by atoms with E-state index in [0.29, 0.717) is 5.06 Å². The molecule has 24 heavy (non-hydrogen) atoms. The molecule has 0 atom stereocenters. The third-order valence-electron chi connectivity index (χ3n) is 3.33. The quantitative estimate of drug-likeness (QED) is 0.816. The highest BCUT2D eigenvalue weighted by Gasteiger charge is 2.38. The number of nitrogens with two attached hydrogens (primary N) is 1. The molecule has 9 heteroatoms. The lowest BCUT2D eigenvalue weighted by Gasteiger charge is -2.12. The topological polar surface area (TPSA) is 124 Å². The number of amides is 2. The summed E-state index contributed by atoms with van der Waals surface area (Å²) in [5, 5.41) is 5.34. The molecule has 0 aliphatic carbocycles. The molecule has 0 fully saturated rings. The first-order chi connectivity index (χ1) is 11.3. The van der Waals surface area contributed by atoms with Crippen LogP contribution in [-0.4, -0.2) is 31.3 Å². The Balaban J connectivity index is 1.87. The molecular weight excluding hydrogens is 336 g/mol. The fraction of sp³-hybridized carbons (Fsp3) is 0. The van der Waals surface area contributed by atoms with E-state index in [0.717, 1.165) is 6.07 Å². The minimum atomic E-state index is -4.01. The Kier molecular flexibility index (Phi) is 3.66. The Morgan fingerprint density at radius 3 is 2.08 bits per heavy atom. The second-order valence-corrected chi connectivity index (χ2v) is 6.46. The third kappa shape index (κ3) is 2.66. The highest BCUT2D eigenvalue weighted by Crippen LogP contribution is 2.23. The molecule has 2 aromatic carbocycles. The number of fused-ring (bicyclic) bond motifs is 1. The largest absolute Gasteiger partial charge is 0.363 e. The summed E-state index contributed by atoms with van der Waals surface area (Å²) in [5.74, 6) is -2.60. The first-order valence-electron chi connectivity index (χ1n) is 6.62. The van der Waals surface area contributed by atoms with Crippen molar-refractivity contribution in [3.63, 3.8) is 0 Å². The van der Waals surface area contributed by atoms with Crippen LogP contribution in [-0.2, 0) is 14.9 Å². The van der Waals surface area contributed by atoms with Gasteiger partial charge in [0.15, 0.2) is 0 Å². The van der Waals surface area contributed by atoms with Gasteiger partial charge in [-0.1, -0.05) is 23.3 Å². The summed E-state index contributed by atoms with van der Waals surface area (Å²) >= 11 is 0. The van der Waals surface area contributed by atoms with Crippen molar-refractivity contribution in [2.24, 2.45) is 5.14 Å². The zero-order valence-corrected chi connectivity index (χ0v) is 12.8. The molecule has 122 valence electrons. The Bertz CT molecular complexity index is 948. The van der Waals surface area contributed by atoms with Gasteiger partial charge < -0.3 is 4.84 Å². The number of hydrogen-bond donors (Lipinski definition) is 1. The maximum absolute atomic E-state index is 12.1. The van der Waals surface area contributed by atoms with Gasteiger partial charge >= 0.3 is 5.97 Å². The van der Waals surface area contributed by atoms with Crippen molar-refractivity contribution in [1.29, 1.82) is 0 Å². The first kappa shape index (κ1) is 15.8. The van der Waals surface area contributed by atoms with Gasteiger partial charge in [0.1, 0.15) is 0 Å². The number of nitrogens with zero attached hydrogens (tertiary/aromatic N) is 1. The molecule has 0 bridgehead atoms. The average Bonchev–Trinajstić information content (AvgIpc) is 2.80. The molecule has 3 rings (SSSR count). The van der Waals surface area contributed by atoms with Crippen molar-refractivity contribution >= 4 is 27.8 Å². The molecule has 1 aliphatic heterocycles. The summed E-state index contributed by atoms with van der Waals surface area (Å²) in [6.45, 7) is 0. The Morgan fingerprint density at radius 1 is 0.958 bits per heavy atom. The number of imide groups is 1. The van der Waals surface area contributed by atoms with E-state index >= 15 is 0 Å². The van der Waals surface area contributed by atoms with Crippen LogP contribution < -0.4 is 5.14 Å². The van der Waals surface area contributed by atoms with Crippen LogP contribution in [0, 0.1) is 0 Å². The number of carbonyl (C=O) groups is 3. The Hall–Kier alpha value is -3.04. The number of carbonyl (C=O) groups excluding carboxylic acids is 3. The second-order valence-electron chi connectivity index (χ2n) is 4.90. The minimum absolute atomic E-state index is 0.119. The number of hydrogen-bond acceptors (Lipinski definition) is 6. The van der Waals surface area contributed by atoms with Crippen molar-refractivity contribution < 1.29 is 27.6 Å². The van der Waals surface area contributed by atoms with Gasteiger partial charge in [-0.2, -0.15) is 0 Å². The van der Waals surface area contributed by atoms with Gasteiger partial charge in [0, 0.05) is 0 Å². The molecule has 2 aromatic rings.